The van der Waals surface area contributed by atoms with Gasteiger partial charge >= 0.3 is 0 Å². The lowest BCUT2D eigenvalue weighted by Crippen LogP contribution is -2.41. The average Bonchev–Trinajstić information content (AvgIpc) is 2.21. The minimum absolute atomic E-state index is 0.168. The van der Waals surface area contributed by atoms with Gasteiger partial charge in [0.15, 0.2) is 0 Å². The summed E-state index contributed by atoms with van der Waals surface area (Å²) in [6, 6.07) is 2.76. The molecule has 1 unspecified atom stereocenters. The first-order valence-corrected chi connectivity index (χ1v) is 7.89. The van der Waals surface area contributed by atoms with Gasteiger partial charge in [-0.2, -0.15) is 0 Å². The number of halogens is 1. The second kappa shape index (κ2) is 5.31. The summed E-state index contributed by atoms with van der Waals surface area (Å²) in [5.74, 6) is 0. The van der Waals surface area contributed by atoms with E-state index in [2.05, 4.69) is 4.72 Å². The van der Waals surface area contributed by atoms with Crippen LogP contribution in [0.1, 0.15) is 33.3 Å². The molecule has 0 aliphatic carbocycles. The fraction of sp³-hybridized carbons (Fsp3) is 0.538. The van der Waals surface area contributed by atoms with E-state index in [1.807, 2.05) is 27.7 Å². The molecule has 108 valence electrons. The van der Waals surface area contributed by atoms with Gasteiger partial charge in [0.05, 0.1) is 15.6 Å². The predicted octanol–water partition coefficient (Wildman–Crippen LogP) is 2.94. The van der Waals surface area contributed by atoms with E-state index in [1.54, 1.807) is 13.0 Å². The third-order valence-corrected chi connectivity index (χ3v) is 5.22. The third-order valence-electron chi connectivity index (χ3n) is 3.21. The molecule has 6 heteroatoms. The van der Waals surface area contributed by atoms with Crippen molar-refractivity contribution in [3.8, 4) is 0 Å². The quantitative estimate of drug-likeness (QED) is 0.843. The van der Waals surface area contributed by atoms with Crippen molar-refractivity contribution in [3.63, 3.8) is 0 Å². The van der Waals surface area contributed by atoms with E-state index in [4.69, 9.17) is 17.3 Å². The molecule has 1 aromatic carbocycles. The number of anilines is 1. The van der Waals surface area contributed by atoms with Crippen LogP contribution in [0.5, 0.6) is 0 Å². The van der Waals surface area contributed by atoms with Crippen LogP contribution in [0.25, 0.3) is 0 Å². The molecule has 0 fully saturated rings. The fourth-order valence-corrected chi connectivity index (χ4v) is 3.36. The highest BCUT2D eigenvalue weighted by Gasteiger charge is 2.27. The number of rotatable bonds is 3. The molecule has 1 atom stereocenters. The smallest absolute Gasteiger partial charge is 0.241 e. The Kier molecular flexibility index (Phi) is 4.55. The van der Waals surface area contributed by atoms with E-state index in [1.165, 1.54) is 6.07 Å². The number of hydrogen-bond donors (Lipinski definition) is 2. The number of aryl methyl sites for hydroxylation is 1. The van der Waals surface area contributed by atoms with Crippen LogP contribution in [0, 0.1) is 12.3 Å². The molecule has 0 heterocycles. The van der Waals surface area contributed by atoms with Crippen LogP contribution in [0.4, 0.5) is 5.69 Å². The zero-order valence-corrected chi connectivity index (χ0v) is 13.5. The number of sulfonamides is 1. The number of nitrogen functional groups attached to an aromatic ring is 1. The van der Waals surface area contributed by atoms with Gasteiger partial charge < -0.3 is 5.73 Å². The van der Waals surface area contributed by atoms with E-state index in [-0.39, 0.29) is 22.0 Å². The van der Waals surface area contributed by atoms with E-state index in [0.717, 1.165) is 0 Å². The average molecular weight is 305 g/mol. The number of benzene rings is 1. The van der Waals surface area contributed by atoms with Crippen LogP contribution in [-0.4, -0.2) is 14.5 Å². The molecule has 0 saturated heterocycles. The van der Waals surface area contributed by atoms with Crippen molar-refractivity contribution in [1.29, 1.82) is 0 Å². The molecular weight excluding hydrogens is 284 g/mol. The van der Waals surface area contributed by atoms with Crippen LogP contribution in [0.2, 0.25) is 5.02 Å². The molecule has 1 aromatic rings. The standard InChI is InChI=1S/C13H21ClN2O2S/c1-8-6-10(14)11(15)7-12(8)19(17,18)16-9(2)13(3,4)5/h6-7,9,16H,15H2,1-5H3. The monoisotopic (exact) mass is 304 g/mol. The van der Waals surface area contributed by atoms with Crippen molar-refractivity contribution in [3.05, 3.63) is 22.7 Å². The maximum Gasteiger partial charge on any atom is 0.241 e. The van der Waals surface area contributed by atoms with Crippen molar-refractivity contribution < 1.29 is 8.42 Å². The molecule has 19 heavy (non-hydrogen) atoms. The Balaban J connectivity index is 3.19. The fourth-order valence-electron chi connectivity index (χ4n) is 1.43. The second-order valence-corrected chi connectivity index (χ2v) is 7.94. The summed E-state index contributed by atoms with van der Waals surface area (Å²) in [5.41, 5.74) is 6.35. The van der Waals surface area contributed by atoms with Gasteiger partial charge in [-0.25, -0.2) is 13.1 Å². The maximum absolute atomic E-state index is 12.4. The molecule has 0 saturated carbocycles. The van der Waals surface area contributed by atoms with Crippen LogP contribution in [0.3, 0.4) is 0 Å². The van der Waals surface area contributed by atoms with Crippen LogP contribution in [0.15, 0.2) is 17.0 Å². The van der Waals surface area contributed by atoms with Gasteiger partial charge in [-0.15, -0.1) is 0 Å². The predicted molar refractivity (Wildman–Crippen MR) is 79.8 cm³/mol. The van der Waals surface area contributed by atoms with Gasteiger partial charge in [0.1, 0.15) is 0 Å². The molecule has 1 rings (SSSR count). The largest absolute Gasteiger partial charge is 0.397 e. The summed E-state index contributed by atoms with van der Waals surface area (Å²) >= 11 is 5.87. The van der Waals surface area contributed by atoms with Gasteiger partial charge in [-0.1, -0.05) is 32.4 Å². The van der Waals surface area contributed by atoms with E-state index < -0.39 is 10.0 Å². The molecule has 0 radical (unpaired) electrons. The van der Waals surface area contributed by atoms with Crippen LogP contribution < -0.4 is 10.5 Å². The third kappa shape index (κ3) is 3.84. The molecule has 0 bridgehead atoms. The maximum atomic E-state index is 12.4. The second-order valence-electron chi connectivity index (χ2n) is 5.85. The van der Waals surface area contributed by atoms with Crippen molar-refractivity contribution >= 4 is 27.3 Å². The molecule has 4 nitrogen and oxygen atoms in total. The van der Waals surface area contributed by atoms with Crippen LogP contribution >= 0.6 is 11.6 Å². The highest BCUT2D eigenvalue weighted by atomic mass is 35.5. The van der Waals surface area contributed by atoms with E-state index in [0.29, 0.717) is 10.6 Å². The summed E-state index contributed by atoms with van der Waals surface area (Å²) in [7, 11) is -3.60. The molecule has 0 spiro atoms. The van der Waals surface area contributed by atoms with Crippen molar-refractivity contribution in [1.82, 2.24) is 4.72 Å². The number of hydrogen-bond acceptors (Lipinski definition) is 3. The van der Waals surface area contributed by atoms with Crippen molar-refractivity contribution in [2.45, 2.75) is 45.6 Å². The Morgan fingerprint density at radius 1 is 1.32 bits per heavy atom. The Labute approximate surface area is 120 Å². The Morgan fingerprint density at radius 3 is 2.32 bits per heavy atom. The molecular formula is C13H21ClN2O2S. The van der Waals surface area contributed by atoms with Crippen molar-refractivity contribution in [2.75, 3.05) is 5.73 Å². The minimum atomic E-state index is -3.60. The Morgan fingerprint density at radius 2 is 1.84 bits per heavy atom. The Hall–Kier alpha value is -0.780. The summed E-state index contributed by atoms with van der Waals surface area (Å²) in [6.45, 7) is 9.46. The minimum Gasteiger partial charge on any atom is -0.397 e. The zero-order chi connectivity index (χ0) is 15.0. The summed E-state index contributed by atoms with van der Waals surface area (Å²) < 4.78 is 27.4. The van der Waals surface area contributed by atoms with Gasteiger partial charge in [0, 0.05) is 6.04 Å². The van der Waals surface area contributed by atoms with E-state index in [9.17, 15) is 8.42 Å². The summed E-state index contributed by atoms with van der Waals surface area (Å²) in [6.07, 6.45) is 0. The lowest BCUT2D eigenvalue weighted by atomic mass is 9.89. The molecule has 0 aliphatic heterocycles. The topological polar surface area (TPSA) is 72.2 Å². The van der Waals surface area contributed by atoms with Gasteiger partial charge in [-0.05, 0) is 37.0 Å². The lowest BCUT2D eigenvalue weighted by Gasteiger charge is -2.28. The first-order valence-electron chi connectivity index (χ1n) is 6.03. The van der Waals surface area contributed by atoms with Gasteiger partial charge in [0.2, 0.25) is 10.0 Å². The molecule has 0 aromatic heterocycles. The van der Waals surface area contributed by atoms with Gasteiger partial charge in [-0.3, -0.25) is 0 Å². The molecule has 0 amide bonds. The summed E-state index contributed by atoms with van der Waals surface area (Å²) in [4.78, 5) is 0.172. The van der Waals surface area contributed by atoms with Crippen molar-refractivity contribution in [2.24, 2.45) is 5.41 Å². The molecule has 3 N–H and O–H groups in total. The van der Waals surface area contributed by atoms with Gasteiger partial charge in [0.25, 0.3) is 0 Å². The highest BCUT2D eigenvalue weighted by Crippen LogP contribution is 2.27. The summed E-state index contributed by atoms with van der Waals surface area (Å²) in [5, 5.41) is 0.361. The van der Waals surface area contributed by atoms with Crippen LogP contribution in [-0.2, 0) is 10.0 Å². The lowest BCUT2D eigenvalue weighted by molar-refractivity contribution is 0.317. The number of nitrogens with one attached hydrogen (secondary N) is 1. The first kappa shape index (κ1) is 16.3. The SMILES string of the molecule is Cc1cc(Cl)c(N)cc1S(=O)(=O)NC(C)C(C)(C)C. The molecule has 0 aliphatic rings. The highest BCUT2D eigenvalue weighted by molar-refractivity contribution is 7.89. The Bertz CT molecular complexity index is 577. The first-order chi connectivity index (χ1) is 8.45. The number of nitrogens with two attached hydrogens (primary N) is 1. The van der Waals surface area contributed by atoms with E-state index >= 15 is 0 Å². The zero-order valence-electron chi connectivity index (χ0n) is 11.9. The normalized spacial score (nSPS) is 14.4.